The van der Waals surface area contributed by atoms with Crippen LogP contribution in [0.3, 0.4) is 0 Å². The van der Waals surface area contributed by atoms with Crippen LogP contribution in [0.15, 0.2) is 30.9 Å². The molecule has 148 valence electrons. The summed E-state index contributed by atoms with van der Waals surface area (Å²) in [4.78, 5) is 31.5. The van der Waals surface area contributed by atoms with Crippen LogP contribution in [0, 0.1) is 18.8 Å². The lowest BCUT2D eigenvalue weighted by molar-refractivity contribution is -0.183. The van der Waals surface area contributed by atoms with Gasteiger partial charge in [0.05, 0.1) is 23.5 Å². The minimum atomic E-state index is -0.127. The lowest BCUT2D eigenvalue weighted by atomic mass is 9.79. The average Bonchev–Trinajstić information content (AvgIpc) is 3.21. The van der Waals surface area contributed by atoms with Crippen LogP contribution < -0.4 is 0 Å². The van der Waals surface area contributed by atoms with E-state index >= 15 is 0 Å². The number of halogens is 1. The Morgan fingerprint density at radius 3 is 2.75 bits per heavy atom. The molecule has 0 spiro atoms. The van der Waals surface area contributed by atoms with Crippen LogP contribution >= 0.6 is 11.6 Å². The number of nitrogens with zero attached hydrogens (tertiary/aromatic N) is 4. The van der Waals surface area contributed by atoms with Gasteiger partial charge in [0.25, 0.3) is 0 Å². The second-order valence-electron chi connectivity index (χ2n) is 7.77. The van der Waals surface area contributed by atoms with Gasteiger partial charge in [-0.3, -0.25) is 24.6 Å². The molecule has 0 radical (unpaired) electrons. The first-order valence-corrected chi connectivity index (χ1v) is 10.3. The van der Waals surface area contributed by atoms with E-state index in [0.29, 0.717) is 12.5 Å². The molecule has 6 nitrogen and oxygen atoms in total. The van der Waals surface area contributed by atoms with E-state index in [2.05, 4.69) is 21.0 Å². The molecule has 3 heterocycles. The fourth-order valence-corrected chi connectivity index (χ4v) is 4.48. The molecule has 4 rings (SSSR count). The predicted octanol–water partition coefficient (Wildman–Crippen LogP) is 4.09. The highest BCUT2D eigenvalue weighted by Gasteiger charge is 2.37. The highest BCUT2D eigenvalue weighted by atomic mass is 35.5. The van der Waals surface area contributed by atoms with Crippen LogP contribution in [-0.4, -0.2) is 32.5 Å². The molecule has 2 fully saturated rings. The number of carbonyl (C=O) groups is 1. The molecule has 2 aromatic heterocycles. The largest absolute Gasteiger partial charge is 0.272 e. The molecule has 28 heavy (non-hydrogen) atoms. The van der Waals surface area contributed by atoms with Gasteiger partial charge in [0.1, 0.15) is 6.04 Å². The maximum absolute atomic E-state index is 13.1. The Hall–Kier alpha value is -2.05. The molecule has 1 saturated heterocycles. The molecule has 0 bridgehead atoms. The van der Waals surface area contributed by atoms with Crippen molar-refractivity contribution in [3.8, 4) is 0 Å². The number of rotatable bonds is 4. The third-order valence-corrected chi connectivity index (χ3v) is 6.16. The summed E-state index contributed by atoms with van der Waals surface area (Å²) in [5, 5.41) is 2.29. The second-order valence-corrected chi connectivity index (χ2v) is 8.18. The van der Waals surface area contributed by atoms with Crippen LogP contribution in [0.5, 0.6) is 0 Å². The van der Waals surface area contributed by atoms with Crippen molar-refractivity contribution in [2.45, 2.75) is 51.5 Å². The summed E-state index contributed by atoms with van der Waals surface area (Å²) in [7, 11) is 0. The minimum Gasteiger partial charge on any atom is -0.272 e. The fourth-order valence-electron chi connectivity index (χ4n) is 4.30. The SMILES string of the molecule is Cc1cc(C[C@H]2CC[C@H](C(=O)N3OCC[C@H]3c3cnccn3)CC2)c(Cl)cn1. The summed E-state index contributed by atoms with van der Waals surface area (Å²) in [6, 6.07) is 1.95. The lowest BCUT2D eigenvalue weighted by Crippen LogP contribution is -2.37. The zero-order valence-electron chi connectivity index (χ0n) is 16.1. The molecule has 1 aliphatic carbocycles. The predicted molar refractivity (Wildman–Crippen MR) is 105 cm³/mol. The molecule has 7 heteroatoms. The Bertz CT molecular complexity index is 824. The number of pyridine rings is 1. The highest BCUT2D eigenvalue weighted by Crippen LogP contribution is 2.37. The van der Waals surface area contributed by atoms with Gasteiger partial charge in [-0.25, -0.2) is 5.06 Å². The zero-order valence-corrected chi connectivity index (χ0v) is 16.8. The Labute approximate surface area is 170 Å². The van der Waals surface area contributed by atoms with E-state index in [4.69, 9.17) is 16.4 Å². The highest BCUT2D eigenvalue weighted by molar-refractivity contribution is 6.31. The van der Waals surface area contributed by atoms with Crippen molar-refractivity contribution < 1.29 is 9.63 Å². The number of hydrogen-bond acceptors (Lipinski definition) is 5. The minimum absolute atomic E-state index is 0.0168. The van der Waals surface area contributed by atoms with Crippen LogP contribution in [0.4, 0.5) is 0 Å². The van der Waals surface area contributed by atoms with Gasteiger partial charge < -0.3 is 0 Å². The van der Waals surface area contributed by atoms with Crippen molar-refractivity contribution >= 4 is 17.5 Å². The summed E-state index contributed by atoms with van der Waals surface area (Å²) in [6.07, 6.45) is 12.3. The van der Waals surface area contributed by atoms with E-state index in [1.807, 2.05) is 6.92 Å². The van der Waals surface area contributed by atoms with Crippen molar-refractivity contribution in [2.75, 3.05) is 6.61 Å². The van der Waals surface area contributed by atoms with E-state index in [0.717, 1.165) is 60.5 Å². The standard InChI is InChI=1S/C21H25ClN4O2/c1-14-10-17(18(22)12-25-14)11-15-2-4-16(5-3-15)21(27)26-20(6-9-28-26)19-13-23-7-8-24-19/h7-8,10,12-13,15-16,20H,2-6,9,11H2,1H3/t15-,16-,20-/m0/s1. The van der Waals surface area contributed by atoms with Crippen molar-refractivity contribution in [2.24, 2.45) is 11.8 Å². The maximum atomic E-state index is 13.1. The third-order valence-electron chi connectivity index (χ3n) is 5.82. The molecule has 1 saturated carbocycles. The number of carbonyl (C=O) groups excluding carboxylic acids is 1. The monoisotopic (exact) mass is 400 g/mol. The van der Waals surface area contributed by atoms with Gasteiger partial charge in [-0.1, -0.05) is 11.6 Å². The average molecular weight is 401 g/mol. The Morgan fingerprint density at radius 2 is 2.00 bits per heavy atom. The van der Waals surface area contributed by atoms with Crippen molar-refractivity contribution in [1.29, 1.82) is 0 Å². The molecule has 1 amide bonds. The van der Waals surface area contributed by atoms with Gasteiger partial charge in [-0.2, -0.15) is 0 Å². The Balaban J connectivity index is 1.35. The maximum Gasteiger partial charge on any atom is 0.249 e. The first-order valence-electron chi connectivity index (χ1n) is 9.94. The summed E-state index contributed by atoms with van der Waals surface area (Å²) < 4.78 is 0. The second kappa shape index (κ2) is 8.53. The van der Waals surface area contributed by atoms with Crippen molar-refractivity contribution in [3.63, 3.8) is 0 Å². The fraction of sp³-hybridized carbons (Fsp3) is 0.524. The summed E-state index contributed by atoms with van der Waals surface area (Å²) in [5.41, 5.74) is 2.95. The molecule has 2 aromatic rings. The molecule has 2 aliphatic rings. The first-order chi connectivity index (χ1) is 13.6. The topological polar surface area (TPSA) is 68.2 Å². The summed E-state index contributed by atoms with van der Waals surface area (Å²) in [6.45, 7) is 2.53. The van der Waals surface area contributed by atoms with Gasteiger partial charge in [-0.15, -0.1) is 0 Å². The number of aromatic nitrogens is 3. The Morgan fingerprint density at radius 1 is 1.18 bits per heavy atom. The lowest BCUT2D eigenvalue weighted by Gasteiger charge is -2.31. The van der Waals surface area contributed by atoms with Crippen LogP contribution in [-0.2, 0) is 16.1 Å². The van der Waals surface area contributed by atoms with Crippen molar-refractivity contribution in [1.82, 2.24) is 20.0 Å². The smallest absolute Gasteiger partial charge is 0.249 e. The third kappa shape index (κ3) is 4.18. The van der Waals surface area contributed by atoms with Gasteiger partial charge >= 0.3 is 0 Å². The molecular weight excluding hydrogens is 376 g/mol. The Kier molecular flexibility index (Phi) is 5.87. The number of hydrogen-bond donors (Lipinski definition) is 0. The van der Waals surface area contributed by atoms with Crippen LogP contribution in [0.2, 0.25) is 5.02 Å². The molecule has 1 atom stereocenters. The number of aryl methyl sites for hydroxylation is 1. The van der Waals surface area contributed by atoms with E-state index in [1.54, 1.807) is 29.9 Å². The van der Waals surface area contributed by atoms with Crippen LogP contribution in [0.25, 0.3) is 0 Å². The molecule has 0 aromatic carbocycles. The van der Waals surface area contributed by atoms with Gasteiger partial charge in [0.15, 0.2) is 0 Å². The van der Waals surface area contributed by atoms with Crippen LogP contribution in [0.1, 0.15) is 55.1 Å². The molecule has 1 aliphatic heterocycles. The summed E-state index contributed by atoms with van der Waals surface area (Å²) in [5.74, 6) is 0.659. The first kappa shape index (κ1) is 19.3. The number of hydroxylamine groups is 2. The van der Waals surface area contributed by atoms with E-state index in [1.165, 1.54) is 0 Å². The normalized spacial score (nSPS) is 25.1. The van der Waals surface area contributed by atoms with E-state index < -0.39 is 0 Å². The zero-order chi connectivity index (χ0) is 19.5. The van der Waals surface area contributed by atoms with E-state index in [9.17, 15) is 4.79 Å². The molecular formula is C21H25ClN4O2. The summed E-state index contributed by atoms with van der Waals surface area (Å²) >= 11 is 6.30. The quantitative estimate of drug-likeness (QED) is 0.773. The number of amides is 1. The van der Waals surface area contributed by atoms with Gasteiger partial charge in [0.2, 0.25) is 5.91 Å². The van der Waals surface area contributed by atoms with Gasteiger partial charge in [0, 0.05) is 36.6 Å². The molecule has 0 N–H and O–H groups in total. The van der Waals surface area contributed by atoms with E-state index in [-0.39, 0.29) is 17.9 Å². The van der Waals surface area contributed by atoms with Crippen molar-refractivity contribution in [3.05, 3.63) is 52.8 Å². The molecule has 0 unspecified atom stereocenters. The van der Waals surface area contributed by atoms with Gasteiger partial charge in [-0.05, 0) is 56.6 Å².